The van der Waals surface area contributed by atoms with Gasteiger partial charge in [-0.05, 0) is 0 Å². The molecule has 0 spiro atoms. The molecule has 3 saturated heterocycles. The maximum absolute atomic E-state index is 12.7. The Labute approximate surface area is 239 Å². The molecule has 7 atom stereocenters. The van der Waals surface area contributed by atoms with Crippen LogP contribution in [0.15, 0.2) is 0 Å². The van der Waals surface area contributed by atoms with Gasteiger partial charge < -0.3 is 4.84 Å². The Hall–Kier alpha value is -1.09. The van der Waals surface area contributed by atoms with E-state index in [-0.39, 0.29) is 56.3 Å². The number of ether oxygens (including phenoxy) is 3. The molecule has 0 saturated carbocycles. The maximum atomic E-state index is 12.7. The first-order valence-electron chi connectivity index (χ1n) is 13.2. The average Bonchev–Trinajstić information content (AvgIpc) is 3.44. The average molecular weight is 738 g/mol. The number of carbonyl (C=O) groups is 5. The summed E-state index contributed by atoms with van der Waals surface area (Å²) >= 11 is -1.40. The molecule has 0 aliphatic carbocycles. The van der Waals surface area contributed by atoms with Gasteiger partial charge in [-0.3, -0.25) is 9.59 Å². The van der Waals surface area contributed by atoms with E-state index in [1.165, 1.54) is 6.92 Å². The summed E-state index contributed by atoms with van der Waals surface area (Å²) in [6, 6.07) is 0. The van der Waals surface area contributed by atoms with Crippen LogP contribution in [0.5, 0.6) is 0 Å². The fraction of sp³-hybridized carbons (Fsp3) is 0.800. The summed E-state index contributed by atoms with van der Waals surface area (Å²) in [6.07, 6.45) is 1.26. The SMILES string of the molecule is CC(=O)OC1[CH2][Ac][CH](C(=O)NCC2OC(OCCCCC(=O)ON3C(=O)CCC3=O)C(C)C(C)C2C)C1. The number of hydrogen-bond donors (Lipinski definition) is 1. The van der Waals surface area contributed by atoms with Gasteiger partial charge in [0.1, 0.15) is 0 Å². The van der Waals surface area contributed by atoms with Crippen LogP contribution in [0.2, 0.25) is 2.70 Å². The third-order valence-electron chi connectivity index (χ3n) is 7.59. The molecule has 12 heteroatoms. The van der Waals surface area contributed by atoms with Crippen molar-refractivity contribution in [3.8, 4) is 0 Å². The fourth-order valence-corrected chi connectivity index (χ4v) is 12.1. The molecule has 0 radical (unpaired) electrons. The summed E-state index contributed by atoms with van der Waals surface area (Å²) in [5, 5.41) is 3.63. The monoisotopic (exact) mass is 737 g/mol. The Morgan fingerprint density at radius 1 is 1.05 bits per heavy atom. The van der Waals surface area contributed by atoms with Crippen molar-refractivity contribution >= 4 is 29.7 Å². The molecule has 0 aromatic carbocycles. The van der Waals surface area contributed by atoms with Crippen LogP contribution in [0, 0.1) is 57.5 Å². The minimum atomic E-state index is -1.40. The van der Waals surface area contributed by atoms with Gasteiger partial charge in [0.05, 0.1) is 0 Å². The topological polar surface area (TPSA) is 138 Å². The van der Waals surface area contributed by atoms with Gasteiger partial charge in [0.2, 0.25) is 0 Å². The molecule has 37 heavy (non-hydrogen) atoms. The fourth-order valence-electron chi connectivity index (χ4n) is 4.96. The van der Waals surface area contributed by atoms with E-state index in [4.69, 9.17) is 19.0 Å². The standard InChI is InChI=1S/C25H38N2O9.Ac/c1-15(34-19(5)28)9-10-21(29)26-14-20-17(3)16(2)18(4)25(35-20)33-13-7-6-8-24(32)36-27-22(30)11-12-23(27)31;/h10,15-18,20,25H,1,6-9,11-14H2,2-5H3,(H,26,29);. The van der Waals surface area contributed by atoms with Crippen LogP contribution in [-0.2, 0) is 43.0 Å². The van der Waals surface area contributed by atoms with Crippen molar-refractivity contribution in [2.45, 2.75) is 87.4 Å². The molecular weight excluding hydrogens is 699 g/mol. The second kappa shape index (κ2) is 14.3. The third kappa shape index (κ3) is 8.70. The number of carbonyl (C=O) groups excluding carboxylic acids is 5. The summed E-state index contributed by atoms with van der Waals surface area (Å²) in [5.41, 5.74) is 0. The zero-order valence-electron chi connectivity index (χ0n) is 22.1. The third-order valence-corrected chi connectivity index (χ3v) is 15.6. The molecule has 3 amide bonds. The normalized spacial score (nSPS) is 31.5. The number of esters is 1. The summed E-state index contributed by atoms with van der Waals surface area (Å²) < 4.78 is 18.5. The zero-order chi connectivity index (χ0) is 27.1. The molecular formula is C25H38AcN2O9. The van der Waals surface area contributed by atoms with Crippen molar-refractivity contribution in [1.29, 1.82) is 0 Å². The number of imide groups is 1. The van der Waals surface area contributed by atoms with E-state index in [2.05, 4.69) is 26.1 Å². The Balaban J connectivity index is 1.37. The van der Waals surface area contributed by atoms with Gasteiger partial charge in [0, 0.05) is 12.8 Å². The van der Waals surface area contributed by atoms with Gasteiger partial charge in [-0.15, -0.1) is 5.06 Å². The van der Waals surface area contributed by atoms with Crippen molar-refractivity contribution in [1.82, 2.24) is 10.4 Å². The Morgan fingerprint density at radius 2 is 1.76 bits per heavy atom. The molecule has 3 heterocycles. The summed E-state index contributed by atoms with van der Waals surface area (Å²) in [4.78, 5) is 63.8. The predicted octanol–water partition coefficient (Wildman–Crippen LogP) is 2.16. The van der Waals surface area contributed by atoms with Crippen LogP contribution in [0.4, 0.5) is 0 Å². The van der Waals surface area contributed by atoms with E-state index < -0.39 is 63.8 Å². The molecule has 0 bridgehead atoms. The molecule has 0 aromatic rings. The molecule has 3 aliphatic rings. The second-order valence-electron chi connectivity index (χ2n) is 10.3. The molecule has 3 rings (SSSR count). The molecule has 3 fully saturated rings. The van der Waals surface area contributed by atoms with Gasteiger partial charge in [0.25, 0.3) is 11.8 Å². The number of rotatable bonds is 11. The minimum absolute atomic E-state index is 0.0528. The molecule has 11 nitrogen and oxygen atoms in total. The summed E-state index contributed by atoms with van der Waals surface area (Å²) in [6.45, 7) is 8.59. The van der Waals surface area contributed by atoms with Gasteiger partial charge in [-0.1, -0.05) is 0 Å². The van der Waals surface area contributed by atoms with E-state index in [0.29, 0.717) is 43.4 Å². The zero-order valence-corrected chi connectivity index (χ0v) is 26.8. The first-order valence-corrected chi connectivity index (χ1v) is 19.3. The van der Waals surface area contributed by atoms with Crippen LogP contribution in [0.25, 0.3) is 0 Å². The molecule has 1 N–H and O–H groups in total. The van der Waals surface area contributed by atoms with Crippen molar-refractivity contribution < 1.29 is 82.7 Å². The van der Waals surface area contributed by atoms with Crippen LogP contribution in [-0.4, -0.2) is 66.4 Å². The van der Waals surface area contributed by atoms with Gasteiger partial charge in [0.15, 0.2) is 0 Å². The number of hydroxylamine groups is 2. The van der Waals surface area contributed by atoms with E-state index in [1.807, 2.05) is 0 Å². The molecule has 3 aliphatic heterocycles. The summed E-state index contributed by atoms with van der Waals surface area (Å²) in [7, 11) is 0. The number of hydrogen-bond acceptors (Lipinski definition) is 9. The Kier molecular flexibility index (Phi) is 11.8. The number of amides is 3. The van der Waals surface area contributed by atoms with Crippen molar-refractivity contribution in [2.75, 3.05) is 13.2 Å². The van der Waals surface area contributed by atoms with E-state index >= 15 is 0 Å². The van der Waals surface area contributed by atoms with Gasteiger partial charge in [-0.2, -0.15) is 0 Å². The Bertz CT molecular complexity index is 853. The van der Waals surface area contributed by atoms with Crippen LogP contribution < -0.4 is 5.32 Å². The molecule has 7 unspecified atom stereocenters. The van der Waals surface area contributed by atoms with Crippen molar-refractivity contribution in [2.24, 2.45) is 17.8 Å². The first-order chi connectivity index (χ1) is 17.6. The summed E-state index contributed by atoms with van der Waals surface area (Å²) in [5.74, 6) is -1.10. The van der Waals surface area contributed by atoms with Gasteiger partial charge in [-0.25, -0.2) is 4.79 Å². The van der Waals surface area contributed by atoms with E-state index in [0.717, 1.165) is 1.60 Å². The number of nitrogens with one attached hydrogen (secondary N) is 1. The van der Waals surface area contributed by atoms with Crippen molar-refractivity contribution in [3.63, 3.8) is 0 Å². The van der Waals surface area contributed by atoms with Crippen LogP contribution >= 0.6 is 0 Å². The van der Waals surface area contributed by atoms with E-state index in [9.17, 15) is 24.0 Å². The van der Waals surface area contributed by atoms with Gasteiger partial charge >= 0.3 is 192 Å². The Morgan fingerprint density at radius 3 is 2.43 bits per heavy atom. The van der Waals surface area contributed by atoms with Crippen LogP contribution in [0.1, 0.15) is 66.2 Å². The van der Waals surface area contributed by atoms with Crippen LogP contribution in [0.3, 0.4) is 0 Å². The number of nitrogens with zero attached hydrogens (tertiary/aromatic N) is 1. The van der Waals surface area contributed by atoms with E-state index in [1.54, 1.807) is 0 Å². The second-order valence-corrected chi connectivity index (χ2v) is 17.5. The number of unbranched alkanes of at least 4 members (excludes halogenated alkanes) is 1. The molecule has 205 valence electrons. The predicted molar refractivity (Wildman–Crippen MR) is 125 cm³/mol. The quantitative estimate of drug-likeness (QED) is 0.192. The molecule has 0 aromatic heterocycles. The van der Waals surface area contributed by atoms with Crippen molar-refractivity contribution in [3.05, 3.63) is 0 Å². The first kappa shape index (κ1) is 30.5.